The summed E-state index contributed by atoms with van der Waals surface area (Å²) in [6.45, 7) is 1.91. The number of rotatable bonds is 2. The number of nitrogens with zero attached hydrogens (tertiary/aromatic N) is 1. The highest BCUT2D eigenvalue weighted by Crippen LogP contribution is 2.33. The van der Waals surface area contributed by atoms with Gasteiger partial charge in [0.2, 0.25) is 0 Å². The summed E-state index contributed by atoms with van der Waals surface area (Å²) in [5.74, 6) is 0. The van der Waals surface area contributed by atoms with Crippen molar-refractivity contribution in [1.82, 2.24) is 0 Å². The third-order valence-corrected chi connectivity index (χ3v) is 3.66. The fraction of sp³-hybridized carbons (Fsp3) is 0.200. The van der Waals surface area contributed by atoms with Crippen LogP contribution in [0.4, 0.5) is 11.4 Å². The Morgan fingerprint density at radius 3 is 2.83 bits per heavy atom. The average molecular weight is 259 g/mol. The van der Waals surface area contributed by atoms with Gasteiger partial charge in [-0.15, -0.1) is 0 Å². The molecule has 0 saturated carbocycles. The summed E-state index contributed by atoms with van der Waals surface area (Å²) in [6, 6.07) is 14.2. The van der Waals surface area contributed by atoms with Crippen LogP contribution in [-0.2, 0) is 13.0 Å². The number of nitrogen functional groups attached to an aromatic ring is 1. The monoisotopic (exact) mass is 258 g/mol. The summed E-state index contributed by atoms with van der Waals surface area (Å²) in [5, 5.41) is 0.791. The van der Waals surface area contributed by atoms with Gasteiger partial charge in [-0.1, -0.05) is 29.8 Å². The smallest absolute Gasteiger partial charge is 0.0430 e. The molecule has 1 aliphatic rings. The molecular weight excluding hydrogens is 244 g/mol. The van der Waals surface area contributed by atoms with Crippen LogP contribution in [0, 0.1) is 0 Å². The number of nitrogens with two attached hydrogens (primary N) is 1. The van der Waals surface area contributed by atoms with E-state index in [1.807, 2.05) is 30.3 Å². The fourth-order valence-corrected chi connectivity index (χ4v) is 2.76. The minimum atomic E-state index is 0.791. The molecule has 0 aliphatic carbocycles. The lowest BCUT2D eigenvalue weighted by molar-refractivity contribution is 0.836. The quantitative estimate of drug-likeness (QED) is 0.836. The van der Waals surface area contributed by atoms with Crippen molar-refractivity contribution in [2.45, 2.75) is 13.0 Å². The normalized spacial score (nSPS) is 13.7. The zero-order valence-corrected chi connectivity index (χ0v) is 10.8. The largest absolute Gasteiger partial charge is 0.398 e. The molecule has 1 aliphatic heterocycles. The Morgan fingerprint density at radius 2 is 2.00 bits per heavy atom. The van der Waals surface area contributed by atoms with Gasteiger partial charge >= 0.3 is 0 Å². The van der Waals surface area contributed by atoms with Gasteiger partial charge < -0.3 is 10.6 Å². The number of benzene rings is 2. The lowest BCUT2D eigenvalue weighted by Gasteiger charge is -2.19. The Kier molecular flexibility index (Phi) is 2.88. The topological polar surface area (TPSA) is 29.3 Å². The molecule has 0 amide bonds. The number of halogens is 1. The van der Waals surface area contributed by atoms with Crippen LogP contribution in [0.1, 0.15) is 11.1 Å². The van der Waals surface area contributed by atoms with E-state index in [9.17, 15) is 0 Å². The van der Waals surface area contributed by atoms with Crippen LogP contribution >= 0.6 is 11.6 Å². The SMILES string of the molecule is Nc1cccc2c1CCN2Cc1cccc(Cl)c1. The van der Waals surface area contributed by atoms with Crippen LogP contribution in [-0.4, -0.2) is 6.54 Å². The van der Waals surface area contributed by atoms with Gasteiger partial charge in [0, 0.05) is 35.1 Å². The van der Waals surface area contributed by atoms with Crippen molar-refractivity contribution in [3.63, 3.8) is 0 Å². The molecule has 2 aromatic carbocycles. The van der Waals surface area contributed by atoms with Crippen molar-refractivity contribution in [3.8, 4) is 0 Å². The molecule has 2 N–H and O–H groups in total. The van der Waals surface area contributed by atoms with Gasteiger partial charge in [0.05, 0.1) is 0 Å². The summed E-state index contributed by atoms with van der Waals surface area (Å²) in [7, 11) is 0. The minimum Gasteiger partial charge on any atom is -0.398 e. The number of hydrogen-bond acceptors (Lipinski definition) is 2. The summed E-state index contributed by atoms with van der Waals surface area (Å²) >= 11 is 6.02. The van der Waals surface area contributed by atoms with Gasteiger partial charge in [-0.3, -0.25) is 0 Å². The van der Waals surface area contributed by atoms with E-state index in [4.69, 9.17) is 17.3 Å². The lowest BCUT2D eigenvalue weighted by Crippen LogP contribution is -2.19. The molecule has 0 unspecified atom stereocenters. The third kappa shape index (κ3) is 2.04. The van der Waals surface area contributed by atoms with Gasteiger partial charge in [0.25, 0.3) is 0 Å². The predicted molar refractivity (Wildman–Crippen MR) is 77.1 cm³/mol. The van der Waals surface area contributed by atoms with Crippen LogP contribution in [0.5, 0.6) is 0 Å². The summed E-state index contributed by atoms with van der Waals surface area (Å²) in [4.78, 5) is 2.36. The number of fused-ring (bicyclic) bond motifs is 1. The fourth-order valence-electron chi connectivity index (χ4n) is 2.55. The molecule has 18 heavy (non-hydrogen) atoms. The molecule has 3 heteroatoms. The molecule has 3 rings (SSSR count). The molecular formula is C15H15ClN2. The molecule has 1 heterocycles. The maximum absolute atomic E-state index is 6.02. The minimum absolute atomic E-state index is 0.791. The van der Waals surface area contributed by atoms with Crippen LogP contribution in [0.2, 0.25) is 5.02 Å². The molecule has 2 nitrogen and oxygen atoms in total. The second-order valence-corrected chi connectivity index (χ2v) is 5.08. The van der Waals surface area contributed by atoms with Gasteiger partial charge in [-0.25, -0.2) is 0 Å². The van der Waals surface area contributed by atoms with Crippen LogP contribution in [0.3, 0.4) is 0 Å². The van der Waals surface area contributed by atoms with Crippen molar-refractivity contribution in [1.29, 1.82) is 0 Å². The van der Waals surface area contributed by atoms with Gasteiger partial charge in [0.1, 0.15) is 0 Å². The average Bonchev–Trinajstić information content (AvgIpc) is 2.74. The van der Waals surface area contributed by atoms with E-state index in [0.29, 0.717) is 0 Å². The van der Waals surface area contributed by atoms with Crippen molar-refractivity contribution in [2.24, 2.45) is 0 Å². The molecule has 2 aromatic rings. The van der Waals surface area contributed by atoms with E-state index in [1.165, 1.54) is 16.8 Å². The Labute approximate surface area is 112 Å². The van der Waals surface area contributed by atoms with E-state index in [1.54, 1.807) is 0 Å². The predicted octanol–water partition coefficient (Wildman–Crippen LogP) is 3.48. The van der Waals surface area contributed by atoms with Crippen molar-refractivity contribution in [2.75, 3.05) is 17.2 Å². The second-order valence-electron chi connectivity index (χ2n) is 4.65. The first kappa shape index (κ1) is 11.4. The molecule has 92 valence electrons. The van der Waals surface area contributed by atoms with Crippen molar-refractivity contribution in [3.05, 3.63) is 58.6 Å². The summed E-state index contributed by atoms with van der Waals surface area (Å²) in [5.41, 5.74) is 10.7. The molecule has 0 fully saturated rings. The first-order valence-corrected chi connectivity index (χ1v) is 6.48. The molecule has 0 atom stereocenters. The molecule has 0 radical (unpaired) electrons. The first-order valence-electron chi connectivity index (χ1n) is 6.11. The van der Waals surface area contributed by atoms with E-state index < -0.39 is 0 Å². The van der Waals surface area contributed by atoms with Gasteiger partial charge in [-0.05, 0) is 36.2 Å². The second kappa shape index (κ2) is 4.54. The van der Waals surface area contributed by atoms with E-state index in [-0.39, 0.29) is 0 Å². The highest BCUT2D eigenvalue weighted by Gasteiger charge is 2.20. The van der Waals surface area contributed by atoms with Crippen molar-refractivity contribution >= 4 is 23.0 Å². The van der Waals surface area contributed by atoms with E-state index in [2.05, 4.69) is 17.0 Å². The zero-order valence-electron chi connectivity index (χ0n) is 10.1. The molecule has 0 aromatic heterocycles. The van der Waals surface area contributed by atoms with Crippen molar-refractivity contribution < 1.29 is 0 Å². The summed E-state index contributed by atoms with van der Waals surface area (Å²) < 4.78 is 0. The zero-order chi connectivity index (χ0) is 12.5. The maximum Gasteiger partial charge on any atom is 0.0430 e. The van der Waals surface area contributed by atoms with Crippen LogP contribution in [0.25, 0.3) is 0 Å². The van der Waals surface area contributed by atoms with Gasteiger partial charge in [0.15, 0.2) is 0 Å². The van der Waals surface area contributed by atoms with Crippen LogP contribution in [0.15, 0.2) is 42.5 Å². The Morgan fingerprint density at radius 1 is 1.17 bits per heavy atom. The highest BCUT2D eigenvalue weighted by molar-refractivity contribution is 6.30. The molecule has 0 spiro atoms. The highest BCUT2D eigenvalue weighted by atomic mass is 35.5. The molecule has 0 bridgehead atoms. The third-order valence-electron chi connectivity index (χ3n) is 3.42. The summed E-state index contributed by atoms with van der Waals surface area (Å²) in [6.07, 6.45) is 1.03. The Bertz CT molecular complexity index is 580. The number of anilines is 2. The number of hydrogen-bond donors (Lipinski definition) is 1. The van der Waals surface area contributed by atoms with E-state index >= 15 is 0 Å². The maximum atomic E-state index is 6.02. The Hall–Kier alpha value is -1.67. The lowest BCUT2D eigenvalue weighted by atomic mass is 10.1. The Balaban J connectivity index is 1.87. The van der Waals surface area contributed by atoms with Crippen LogP contribution < -0.4 is 10.6 Å². The van der Waals surface area contributed by atoms with E-state index in [0.717, 1.165) is 30.2 Å². The standard InChI is InChI=1S/C15H15ClN2/c16-12-4-1-3-11(9-12)10-18-8-7-13-14(17)5-2-6-15(13)18/h1-6,9H,7-8,10,17H2. The molecule has 0 saturated heterocycles. The van der Waals surface area contributed by atoms with Gasteiger partial charge in [-0.2, -0.15) is 0 Å². The first-order chi connectivity index (χ1) is 8.74.